The summed E-state index contributed by atoms with van der Waals surface area (Å²) in [5, 5.41) is 0. The second-order valence-corrected chi connectivity index (χ2v) is 6.50. The molecule has 0 N–H and O–H groups in total. The molecule has 1 aromatic carbocycles. The van der Waals surface area contributed by atoms with Gasteiger partial charge in [0.05, 0.1) is 0 Å². The lowest BCUT2D eigenvalue weighted by Crippen LogP contribution is -2.48. The summed E-state index contributed by atoms with van der Waals surface area (Å²) < 4.78 is 0. The van der Waals surface area contributed by atoms with Gasteiger partial charge in [-0.05, 0) is 37.3 Å². The van der Waals surface area contributed by atoms with Crippen LogP contribution in [0.5, 0.6) is 0 Å². The van der Waals surface area contributed by atoms with E-state index < -0.39 is 0 Å². The fourth-order valence-corrected chi connectivity index (χ4v) is 3.51. The normalized spacial score (nSPS) is 21.3. The van der Waals surface area contributed by atoms with Gasteiger partial charge >= 0.3 is 0 Å². The zero-order valence-electron chi connectivity index (χ0n) is 13.9. The molecule has 0 saturated carbocycles. The van der Waals surface area contributed by atoms with Gasteiger partial charge in [0.15, 0.2) is 0 Å². The van der Waals surface area contributed by atoms with Crippen LogP contribution < -0.4 is 0 Å². The fraction of sp³-hybridized carbons (Fsp3) is 0.474. The van der Waals surface area contributed by atoms with Gasteiger partial charge in [0.2, 0.25) is 11.8 Å². The number of carbonyl (C=O) groups is 2. The Hall–Kier alpha value is -2.10. The van der Waals surface area contributed by atoms with Crippen molar-refractivity contribution in [1.82, 2.24) is 9.80 Å². The van der Waals surface area contributed by atoms with Gasteiger partial charge in [0, 0.05) is 26.6 Å². The van der Waals surface area contributed by atoms with Crippen LogP contribution in [-0.4, -0.2) is 47.3 Å². The molecule has 0 bridgehead atoms. The number of benzene rings is 1. The number of carbonyl (C=O) groups excluding carboxylic acids is 2. The second kappa shape index (κ2) is 6.57. The highest BCUT2D eigenvalue weighted by molar-refractivity contribution is 5.88. The Morgan fingerprint density at radius 3 is 2.48 bits per heavy atom. The van der Waals surface area contributed by atoms with E-state index in [2.05, 4.69) is 37.3 Å². The lowest BCUT2D eigenvalue weighted by atomic mass is 9.98. The van der Waals surface area contributed by atoms with Crippen molar-refractivity contribution in [2.75, 3.05) is 19.6 Å². The van der Waals surface area contributed by atoms with Crippen molar-refractivity contribution in [2.24, 2.45) is 0 Å². The average molecular weight is 312 g/mol. The fourth-order valence-electron chi connectivity index (χ4n) is 3.51. The minimum absolute atomic E-state index is 0.00810. The Labute approximate surface area is 137 Å². The van der Waals surface area contributed by atoms with Crippen molar-refractivity contribution in [3.63, 3.8) is 0 Å². The Bertz CT molecular complexity index is 633. The SMILES string of the molecule is CC(=O)N1CCC[C@@H]1C(=O)N1CC=C(c2ccc(C)cc2)CC1. The van der Waals surface area contributed by atoms with E-state index in [1.54, 1.807) is 11.8 Å². The summed E-state index contributed by atoms with van der Waals surface area (Å²) in [6.07, 6.45) is 4.75. The van der Waals surface area contributed by atoms with Gasteiger partial charge in [-0.25, -0.2) is 0 Å². The Kier molecular flexibility index (Phi) is 4.51. The maximum absolute atomic E-state index is 12.7. The van der Waals surface area contributed by atoms with Crippen molar-refractivity contribution in [3.05, 3.63) is 41.5 Å². The van der Waals surface area contributed by atoms with Crippen molar-refractivity contribution in [3.8, 4) is 0 Å². The summed E-state index contributed by atoms with van der Waals surface area (Å²) in [6, 6.07) is 8.29. The third kappa shape index (κ3) is 3.31. The molecule has 0 spiro atoms. The first-order chi connectivity index (χ1) is 11.1. The van der Waals surface area contributed by atoms with Crippen molar-refractivity contribution in [1.29, 1.82) is 0 Å². The second-order valence-electron chi connectivity index (χ2n) is 6.50. The molecular formula is C19H24N2O2. The summed E-state index contributed by atoms with van der Waals surface area (Å²) in [5.41, 5.74) is 3.81. The van der Waals surface area contributed by atoms with Crippen LogP contribution in [0.2, 0.25) is 0 Å². The van der Waals surface area contributed by atoms with Gasteiger partial charge in [-0.3, -0.25) is 9.59 Å². The summed E-state index contributed by atoms with van der Waals surface area (Å²) in [4.78, 5) is 28.0. The lowest BCUT2D eigenvalue weighted by molar-refractivity contribution is -0.142. The quantitative estimate of drug-likeness (QED) is 0.842. The summed E-state index contributed by atoms with van der Waals surface area (Å²) in [5.74, 6) is 0.116. The Morgan fingerprint density at radius 1 is 1.13 bits per heavy atom. The molecule has 1 atom stereocenters. The highest BCUT2D eigenvalue weighted by atomic mass is 16.2. The number of amides is 2. The smallest absolute Gasteiger partial charge is 0.245 e. The predicted octanol–water partition coefficient (Wildman–Crippen LogP) is 2.62. The number of likely N-dealkylation sites (tertiary alicyclic amines) is 1. The molecule has 0 aliphatic carbocycles. The molecule has 122 valence electrons. The van der Waals surface area contributed by atoms with Gasteiger partial charge in [-0.1, -0.05) is 35.9 Å². The van der Waals surface area contributed by atoms with Crippen LogP contribution in [0.1, 0.15) is 37.3 Å². The monoisotopic (exact) mass is 312 g/mol. The van der Waals surface area contributed by atoms with Gasteiger partial charge in [-0.15, -0.1) is 0 Å². The molecular weight excluding hydrogens is 288 g/mol. The topological polar surface area (TPSA) is 40.6 Å². The van der Waals surface area contributed by atoms with Crippen LogP contribution in [0.25, 0.3) is 5.57 Å². The number of hydrogen-bond acceptors (Lipinski definition) is 2. The van der Waals surface area contributed by atoms with E-state index in [9.17, 15) is 9.59 Å². The Balaban J connectivity index is 1.67. The molecule has 2 aliphatic rings. The molecule has 2 heterocycles. The first-order valence-corrected chi connectivity index (χ1v) is 8.38. The number of rotatable bonds is 2. The number of aryl methyl sites for hydroxylation is 1. The molecule has 1 fully saturated rings. The van der Waals surface area contributed by atoms with Gasteiger partial charge < -0.3 is 9.80 Å². The first kappa shape index (κ1) is 15.8. The highest BCUT2D eigenvalue weighted by Crippen LogP contribution is 2.25. The summed E-state index contributed by atoms with van der Waals surface area (Å²) >= 11 is 0. The molecule has 1 saturated heterocycles. The van der Waals surface area contributed by atoms with Crippen LogP contribution in [0.4, 0.5) is 0 Å². The van der Waals surface area contributed by atoms with E-state index in [1.807, 2.05) is 4.90 Å². The third-order valence-electron chi connectivity index (χ3n) is 4.89. The largest absolute Gasteiger partial charge is 0.337 e. The zero-order chi connectivity index (χ0) is 16.4. The van der Waals surface area contributed by atoms with E-state index in [-0.39, 0.29) is 17.9 Å². The first-order valence-electron chi connectivity index (χ1n) is 8.38. The van der Waals surface area contributed by atoms with Crippen LogP contribution in [0.15, 0.2) is 30.3 Å². The maximum atomic E-state index is 12.7. The van der Waals surface area contributed by atoms with Crippen molar-refractivity contribution < 1.29 is 9.59 Å². The molecule has 0 aromatic heterocycles. The van der Waals surface area contributed by atoms with E-state index in [1.165, 1.54) is 16.7 Å². The van der Waals surface area contributed by atoms with Crippen molar-refractivity contribution in [2.45, 2.75) is 39.2 Å². The lowest BCUT2D eigenvalue weighted by Gasteiger charge is -2.32. The van der Waals surface area contributed by atoms with Crippen LogP contribution in [0, 0.1) is 6.92 Å². The Morgan fingerprint density at radius 2 is 1.87 bits per heavy atom. The molecule has 4 heteroatoms. The molecule has 2 amide bonds. The zero-order valence-corrected chi connectivity index (χ0v) is 13.9. The minimum atomic E-state index is -0.248. The van der Waals surface area contributed by atoms with Gasteiger partial charge in [0.1, 0.15) is 6.04 Å². The molecule has 0 unspecified atom stereocenters. The molecule has 0 radical (unpaired) electrons. The maximum Gasteiger partial charge on any atom is 0.245 e. The molecule has 4 nitrogen and oxygen atoms in total. The van der Waals surface area contributed by atoms with E-state index in [4.69, 9.17) is 0 Å². The average Bonchev–Trinajstić information content (AvgIpc) is 3.05. The molecule has 2 aliphatic heterocycles. The summed E-state index contributed by atoms with van der Waals surface area (Å²) in [7, 11) is 0. The van der Waals surface area contributed by atoms with Crippen LogP contribution >= 0.6 is 0 Å². The van der Waals surface area contributed by atoms with E-state index >= 15 is 0 Å². The van der Waals surface area contributed by atoms with E-state index in [0.717, 1.165) is 25.8 Å². The highest BCUT2D eigenvalue weighted by Gasteiger charge is 2.35. The molecule has 23 heavy (non-hydrogen) atoms. The molecule has 3 rings (SSSR count). The predicted molar refractivity (Wildman–Crippen MR) is 90.8 cm³/mol. The standard InChI is InChI=1S/C19H24N2O2/c1-14-5-7-16(8-6-14)17-9-12-20(13-10-17)19(23)18-4-3-11-21(18)15(2)22/h5-9,18H,3-4,10-13H2,1-2H3/t18-/m1/s1. The van der Waals surface area contributed by atoms with Gasteiger partial charge in [0.25, 0.3) is 0 Å². The molecule has 1 aromatic rings. The van der Waals surface area contributed by atoms with E-state index in [0.29, 0.717) is 13.1 Å². The van der Waals surface area contributed by atoms with Gasteiger partial charge in [-0.2, -0.15) is 0 Å². The third-order valence-corrected chi connectivity index (χ3v) is 4.89. The number of hydrogen-bond donors (Lipinski definition) is 0. The summed E-state index contributed by atoms with van der Waals surface area (Å²) in [6.45, 7) is 5.73. The van der Waals surface area contributed by atoms with Crippen LogP contribution in [0.3, 0.4) is 0 Å². The van der Waals surface area contributed by atoms with Crippen molar-refractivity contribution >= 4 is 17.4 Å². The van der Waals surface area contributed by atoms with Crippen LogP contribution in [-0.2, 0) is 9.59 Å². The minimum Gasteiger partial charge on any atom is -0.337 e. The number of nitrogens with zero attached hydrogens (tertiary/aromatic N) is 2.